The highest BCUT2D eigenvalue weighted by Gasteiger charge is 2.16. The van der Waals surface area contributed by atoms with Gasteiger partial charge >= 0.3 is 0 Å². The van der Waals surface area contributed by atoms with E-state index in [-0.39, 0.29) is 11.7 Å². The van der Waals surface area contributed by atoms with E-state index in [1.807, 2.05) is 37.3 Å². The molecule has 1 atom stereocenters. The summed E-state index contributed by atoms with van der Waals surface area (Å²) in [6, 6.07) is 14.7. The van der Waals surface area contributed by atoms with Crippen LogP contribution in [0.25, 0.3) is 0 Å². The maximum Gasteiger partial charge on any atom is 0.126 e. The maximum atomic E-state index is 13.8. The molecule has 0 amide bonds. The summed E-state index contributed by atoms with van der Waals surface area (Å²) in [6.07, 6.45) is 0.577. The lowest BCUT2D eigenvalue weighted by Crippen LogP contribution is -2.16. The third-order valence-electron chi connectivity index (χ3n) is 3.37. The van der Waals surface area contributed by atoms with Crippen molar-refractivity contribution in [3.63, 3.8) is 0 Å². The maximum absolute atomic E-state index is 13.8. The largest absolute Gasteiger partial charge is 0.494 e. The Morgan fingerprint density at radius 3 is 2.50 bits per heavy atom. The van der Waals surface area contributed by atoms with Crippen LogP contribution in [0.4, 0.5) is 4.39 Å². The van der Waals surface area contributed by atoms with Gasteiger partial charge in [0.1, 0.15) is 11.6 Å². The Bertz CT molecular complexity index is 556. The van der Waals surface area contributed by atoms with Gasteiger partial charge in [0.2, 0.25) is 0 Å². The predicted octanol–water partition coefficient (Wildman–Crippen LogP) is 3.51. The molecule has 0 aromatic heterocycles. The Hall–Kier alpha value is -1.87. The summed E-state index contributed by atoms with van der Waals surface area (Å²) in [4.78, 5) is 0. The Kier molecular flexibility index (Phi) is 5.13. The first-order valence-corrected chi connectivity index (χ1v) is 6.91. The van der Waals surface area contributed by atoms with Crippen LogP contribution in [0.2, 0.25) is 0 Å². The zero-order valence-corrected chi connectivity index (χ0v) is 11.7. The van der Waals surface area contributed by atoms with Crippen molar-refractivity contribution in [3.8, 4) is 5.75 Å². The minimum atomic E-state index is -0.181. The molecule has 3 heteroatoms. The smallest absolute Gasteiger partial charge is 0.126 e. The lowest BCUT2D eigenvalue weighted by molar-refractivity contribution is 0.334. The first kappa shape index (κ1) is 14.5. The predicted molar refractivity (Wildman–Crippen MR) is 79.5 cm³/mol. The summed E-state index contributed by atoms with van der Waals surface area (Å²) in [5, 5.41) is 0. The van der Waals surface area contributed by atoms with E-state index >= 15 is 0 Å². The molecule has 2 aromatic carbocycles. The fourth-order valence-electron chi connectivity index (χ4n) is 2.35. The molecule has 2 nitrogen and oxygen atoms in total. The highest BCUT2D eigenvalue weighted by atomic mass is 19.1. The van der Waals surface area contributed by atoms with Gasteiger partial charge in [0, 0.05) is 5.92 Å². The third kappa shape index (κ3) is 3.36. The van der Waals surface area contributed by atoms with Crippen molar-refractivity contribution < 1.29 is 9.13 Å². The first-order valence-electron chi connectivity index (χ1n) is 6.91. The van der Waals surface area contributed by atoms with Crippen molar-refractivity contribution in [1.29, 1.82) is 0 Å². The van der Waals surface area contributed by atoms with Gasteiger partial charge in [-0.15, -0.1) is 0 Å². The van der Waals surface area contributed by atoms with E-state index in [9.17, 15) is 4.39 Å². The molecule has 0 fully saturated rings. The SMILES string of the molecule is CCOc1ccccc1C(CN)Cc1ccccc1F. The Morgan fingerprint density at radius 1 is 1.10 bits per heavy atom. The molecule has 0 aliphatic rings. The lowest BCUT2D eigenvalue weighted by atomic mass is 9.91. The summed E-state index contributed by atoms with van der Waals surface area (Å²) in [5.74, 6) is 0.705. The molecule has 2 aromatic rings. The molecule has 0 bridgehead atoms. The van der Waals surface area contributed by atoms with Gasteiger partial charge in [-0.05, 0) is 43.1 Å². The van der Waals surface area contributed by atoms with Gasteiger partial charge in [-0.3, -0.25) is 0 Å². The van der Waals surface area contributed by atoms with Gasteiger partial charge in [0.05, 0.1) is 6.61 Å². The summed E-state index contributed by atoms with van der Waals surface area (Å²) >= 11 is 0. The fraction of sp³-hybridized carbons (Fsp3) is 0.294. The van der Waals surface area contributed by atoms with Crippen LogP contribution in [0.3, 0.4) is 0 Å². The van der Waals surface area contributed by atoms with Crippen LogP contribution in [0.1, 0.15) is 24.0 Å². The molecule has 2 N–H and O–H groups in total. The number of halogens is 1. The summed E-state index contributed by atoms with van der Waals surface area (Å²) in [5.41, 5.74) is 7.62. The number of hydrogen-bond acceptors (Lipinski definition) is 2. The Labute approximate surface area is 119 Å². The molecule has 0 heterocycles. The third-order valence-corrected chi connectivity index (χ3v) is 3.37. The standard InChI is InChI=1S/C17H20FNO/c1-2-20-17-10-6-4-8-15(17)14(12-19)11-13-7-3-5-9-16(13)18/h3-10,14H,2,11-12,19H2,1H3. The summed E-state index contributed by atoms with van der Waals surface area (Å²) in [7, 11) is 0. The normalized spacial score (nSPS) is 12.2. The molecular formula is C17H20FNO. The van der Waals surface area contributed by atoms with Crippen LogP contribution in [-0.2, 0) is 6.42 Å². The highest BCUT2D eigenvalue weighted by molar-refractivity contribution is 5.37. The van der Waals surface area contributed by atoms with Gasteiger partial charge in [-0.1, -0.05) is 36.4 Å². The number of nitrogens with two attached hydrogens (primary N) is 1. The van der Waals surface area contributed by atoms with Gasteiger partial charge in [-0.25, -0.2) is 4.39 Å². The Balaban J connectivity index is 2.27. The second-order valence-electron chi connectivity index (χ2n) is 4.70. The van der Waals surface area contributed by atoms with Crippen LogP contribution < -0.4 is 10.5 Å². The van der Waals surface area contributed by atoms with Crippen LogP contribution >= 0.6 is 0 Å². The van der Waals surface area contributed by atoms with Crippen LogP contribution in [-0.4, -0.2) is 13.2 Å². The minimum Gasteiger partial charge on any atom is -0.494 e. The van der Waals surface area contributed by atoms with Crippen molar-refractivity contribution in [2.75, 3.05) is 13.2 Å². The van der Waals surface area contributed by atoms with Gasteiger partial charge < -0.3 is 10.5 Å². The number of hydrogen-bond donors (Lipinski definition) is 1. The molecule has 106 valence electrons. The fourth-order valence-corrected chi connectivity index (χ4v) is 2.35. The average Bonchev–Trinajstić information content (AvgIpc) is 2.48. The Morgan fingerprint density at radius 2 is 1.80 bits per heavy atom. The first-order chi connectivity index (χ1) is 9.76. The van der Waals surface area contributed by atoms with E-state index in [2.05, 4.69) is 0 Å². The number of rotatable bonds is 6. The molecule has 1 unspecified atom stereocenters. The second-order valence-corrected chi connectivity index (χ2v) is 4.70. The average molecular weight is 273 g/mol. The molecule has 0 radical (unpaired) electrons. The van der Waals surface area contributed by atoms with Crippen LogP contribution in [0, 0.1) is 5.82 Å². The summed E-state index contributed by atoms with van der Waals surface area (Å²) in [6.45, 7) is 3.01. The second kappa shape index (κ2) is 7.06. The van der Waals surface area contributed by atoms with Gasteiger partial charge in [0.25, 0.3) is 0 Å². The molecule has 0 spiro atoms. The van der Waals surface area contributed by atoms with Crippen molar-refractivity contribution in [2.45, 2.75) is 19.3 Å². The molecule has 20 heavy (non-hydrogen) atoms. The summed E-state index contributed by atoms with van der Waals surface area (Å²) < 4.78 is 19.4. The molecule has 0 aliphatic heterocycles. The number of para-hydroxylation sites is 1. The topological polar surface area (TPSA) is 35.2 Å². The molecule has 0 saturated carbocycles. The molecule has 2 rings (SSSR count). The van der Waals surface area contributed by atoms with E-state index < -0.39 is 0 Å². The number of benzene rings is 2. The minimum absolute atomic E-state index is 0.0506. The molecule has 0 aliphatic carbocycles. The van der Waals surface area contributed by atoms with Crippen molar-refractivity contribution in [2.24, 2.45) is 5.73 Å². The van der Waals surface area contributed by atoms with Gasteiger partial charge in [-0.2, -0.15) is 0 Å². The van der Waals surface area contributed by atoms with E-state index in [4.69, 9.17) is 10.5 Å². The van der Waals surface area contributed by atoms with E-state index in [0.717, 1.165) is 11.3 Å². The molecule has 0 saturated heterocycles. The molecular weight excluding hydrogens is 253 g/mol. The van der Waals surface area contributed by atoms with E-state index in [0.29, 0.717) is 25.1 Å². The van der Waals surface area contributed by atoms with Crippen molar-refractivity contribution in [1.82, 2.24) is 0 Å². The number of ether oxygens (including phenoxy) is 1. The van der Waals surface area contributed by atoms with Gasteiger partial charge in [0.15, 0.2) is 0 Å². The zero-order valence-electron chi connectivity index (χ0n) is 11.7. The van der Waals surface area contributed by atoms with Crippen LogP contribution in [0.5, 0.6) is 5.75 Å². The van der Waals surface area contributed by atoms with Crippen molar-refractivity contribution in [3.05, 3.63) is 65.5 Å². The monoisotopic (exact) mass is 273 g/mol. The highest BCUT2D eigenvalue weighted by Crippen LogP contribution is 2.29. The lowest BCUT2D eigenvalue weighted by Gasteiger charge is -2.19. The van der Waals surface area contributed by atoms with E-state index in [1.54, 1.807) is 12.1 Å². The van der Waals surface area contributed by atoms with Crippen LogP contribution in [0.15, 0.2) is 48.5 Å². The quantitative estimate of drug-likeness (QED) is 0.874. The van der Waals surface area contributed by atoms with Crippen molar-refractivity contribution >= 4 is 0 Å². The van der Waals surface area contributed by atoms with E-state index in [1.165, 1.54) is 6.07 Å². The zero-order chi connectivity index (χ0) is 14.4.